The number of nitrogens with zero attached hydrogens (tertiary/aromatic N) is 2. The van der Waals surface area contributed by atoms with E-state index in [1.54, 1.807) is 0 Å². The fourth-order valence-electron chi connectivity index (χ4n) is 2.57. The second-order valence-corrected chi connectivity index (χ2v) is 6.12. The van der Waals surface area contributed by atoms with Crippen LogP contribution in [0.3, 0.4) is 0 Å². The minimum atomic E-state index is -4.63. The Balaban J connectivity index is 1.84. The topological polar surface area (TPSA) is 107 Å². The minimum Gasteiger partial charge on any atom is -0.487 e. The van der Waals surface area contributed by atoms with Crippen molar-refractivity contribution in [1.29, 1.82) is 0 Å². The number of nitrogens with one attached hydrogen (secondary N) is 1. The molecule has 1 aromatic carbocycles. The number of hydrogen-bond donors (Lipinski definition) is 2. The molecule has 3 aromatic rings. The minimum absolute atomic E-state index is 0.0573. The Bertz CT molecular complexity index is 1070. The molecule has 0 aliphatic rings. The summed E-state index contributed by atoms with van der Waals surface area (Å²) in [5.74, 6) is -1.17. The van der Waals surface area contributed by atoms with Crippen LogP contribution in [-0.4, -0.2) is 21.8 Å². The Hall–Kier alpha value is -3.95. The first-order valence-corrected chi connectivity index (χ1v) is 8.53. The average Bonchev–Trinajstić information content (AvgIpc) is 2.72. The molecule has 3 N–H and O–H groups in total. The summed E-state index contributed by atoms with van der Waals surface area (Å²) in [6, 6.07) is 7.41. The Morgan fingerprint density at radius 2 is 1.73 bits per heavy atom. The van der Waals surface area contributed by atoms with Gasteiger partial charge in [-0.2, -0.15) is 13.2 Å². The highest BCUT2D eigenvalue weighted by Crippen LogP contribution is 2.34. The van der Waals surface area contributed by atoms with Gasteiger partial charge in [-0.3, -0.25) is 19.6 Å². The fourth-order valence-corrected chi connectivity index (χ4v) is 2.57. The van der Waals surface area contributed by atoms with Crippen molar-refractivity contribution >= 4 is 17.5 Å². The van der Waals surface area contributed by atoms with Crippen LogP contribution < -0.4 is 15.8 Å². The number of carbonyl (C=O) groups is 2. The van der Waals surface area contributed by atoms with Crippen LogP contribution in [-0.2, 0) is 12.8 Å². The lowest BCUT2D eigenvalue weighted by Gasteiger charge is -2.16. The third-order valence-corrected chi connectivity index (χ3v) is 4.00. The quantitative estimate of drug-likeness (QED) is 0.640. The van der Waals surface area contributed by atoms with Crippen molar-refractivity contribution in [3.8, 4) is 5.75 Å². The first-order valence-electron chi connectivity index (χ1n) is 8.53. The highest BCUT2D eigenvalue weighted by atomic mass is 19.4. The van der Waals surface area contributed by atoms with E-state index in [1.807, 2.05) is 0 Å². The Kier molecular flexibility index (Phi) is 5.95. The van der Waals surface area contributed by atoms with Crippen molar-refractivity contribution < 1.29 is 27.5 Å². The van der Waals surface area contributed by atoms with Gasteiger partial charge >= 0.3 is 6.18 Å². The van der Waals surface area contributed by atoms with E-state index < -0.39 is 30.2 Å². The van der Waals surface area contributed by atoms with Crippen LogP contribution in [0, 0.1) is 0 Å². The lowest BCUT2D eigenvalue weighted by molar-refractivity contribution is -0.138. The molecule has 7 nitrogen and oxygen atoms in total. The van der Waals surface area contributed by atoms with E-state index in [2.05, 4.69) is 15.3 Å². The van der Waals surface area contributed by atoms with Gasteiger partial charge in [0.2, 0.25) is 5.91 Å². The summed E-state index contributed by atoms with van der Waals surface area (Å²) in [4.78, 5) is 31.0. The number of halogens is 3. The lowest BCUT2D eigenvalue weighted by atomic mass is 10.1. The first kappa shape index (κ1) is 20.8. The molecule has 0 radical (unpaired) electrons. The molecule has 0 spiro atoms. The summed E-state index contributed by atoms with van der Waals surface area (Å²) in [6.07, 6.45) is 0.685. The van der Waals surface area contributed by atoms with Crippen LogP contribution in [0.1, 0.15) is 31.8 Å². The monoisotopic (exact) mass is 416 g/mol. The average molecular weight is 416 g/mol. The summed E-state index contributed by atoms with van der Waals surface area (Å²) in [5.41, 5.74) is 4.56. The number of alkyl halides is 3. The van der Waals surface area contributed by atoms with E-state index in [-0.39, 0.29) is 22.6 Å². The molecule has 10 heteroatoms. The van der Waals surface area contributed by atoms with E-state index in [1.165, 1.54) is 49.1 Å². The highest BCUT2D eigenvalue weighted by molar-refractivity contribution is 6.04. The first-order chi connectivity index (χ1) is 14.2. The number of aromatic nitrogens is 2. The summed E-state index contributed by atoms with van der Waals surface area (Å²) < 4.78 is 45.5. The molecule has 30 heavy (non-hydrogen) atoms. The number of benzene rings is 1. The van der Waals surface area contributed by atoms with Gasteiger partial charge in [0.05, 0.1) is 17.3 Å². The highest BCUT2D eigenvalue weighted by Gasteiger charge is 2.33. The molecule has 0 aliphatic heterocycles. The van der Waals surface area contributed by atoms with Gasteiger partial charge in [-0.1, -0.05) is 0 Å². The molecule has 2 aromatic heterocycles. The summed E-state index contributed by atoms with van der Waals surface area (Å²) in [7, 11) is 0. The lowest BCUT2D eigenvalue weighted by Crippen LogP contribution is -2.15. The predicted octanol–water partition coefficient (Wildman–Crippen LogP) is 3.43. The van der Waals surface area contributed by atoms with E-state index in [0.717, 1.165) is 12.1 Å². The summed E-state index contributed by atoms with van der Waals surface area (Å²) >= 11 is 0. The fraction of sp³-hybridized carbons (Fsp3) is 0.100. The third kappa shape index (κ3) is 5.10. The van der Waals surface area contributed by atoms with Crippen LogP contribution in [0.15, 0.2) is 61.2 Å². The van der Waals surface area contributed by atoms with Crippen molar-refractivity contribution in [2.75, 3.05) is 5.32 Å². The molecule has 0 saturated carbocycles. The number of anilines is 1. The van der Waals surface area contributed by atoms with Gasteiger partial charge < -0.3 is 15.8 Å². The Labute approximate surface area is 168 Å². The molecule has 0 fully saturated rings. The zero-order chi connectivity index (χ0) is 21.7. The summed E-state index contributed by atoms with van der Waals surface area (Å²) in [5, 5.41) is 2.54. The standard InChI is InChI=1S/C20H15F3N4O3/c21-20(22,23)17-2-1-15(27-19(29)12-3-5-25-6-4-12)7-14(17)11-30-16-8-13(18(24)28)9-26-10-16/h1-10H,11H2,(H2,24,28)(H,27,29). The molecule has 0 bridgehead atoms. The number of nitrogens with two attached hydrogens (primary N) is 1. The van der Waals surface area contributed by atoms with Gasteiger partial charge in [-0.05, 0) is 36.4 Å². The van der Waals surface area contributed by atoms with Crippen molar-refractivity contribution in [2.45, 2.75) is 12.8 Å². The second kappa shape index (κ2) is 8.60. The molecular formula is C20H15F3N4O3. The molecule has 0 aliphatic carbocycles. The molecule has 154 valence electrons. The largest absolute Gasteiger partial charge is 0.487 e. The van der Waals surface area contributed by atoms with Crippen molar-refractivity contribution in [1.82, 2.24) is 9.97 Å². The van der Waals surface area contributed by atoms with Gasteiger partial charge in [0.15, 0.2) is 0 Å². The smallest absolute Gasteiger partial charge is 0.416 e. The zero-order valence-corrected chi connectivity index (χ0v) is 15.3. The molecule has 0 atom stereocenters. The SMILES string of the molecule is NC(=O)c1cncc(OCc2cc(NC(=O)c3ccncc3)ccc2C(F)(F)F)c1. The molecule has 0 unspecified atom stereocenters. The zero-order valence-electron chi connectivity index (χ0n) is 15.3. The van der Waals surface area contributed by atoms with Gasteiger partial charge in [0.25, 0.3) is 5.91 Å². The van der Waals surface area contributed by atoms with E-state index >= 15 is 0 Å². The van der Waals surface area contributed by atoms with Crippen molar-refractivity contribution in [3.63, 3.8) is 0 Å². The maximum Gasteiger partial charge on any atom is 0.416 e. The normalized spacial score (nSPS) is 11.0. The molecule has 2 amide bonds. The van der Waals surface area contributed by atoms with Crippen LogP contribution in [0.25, 0.3) is 0 Å². The second-order valence-electron chi connectivity index (χ2n) is 6.12. The molecular weight excluding hydrogens is 401 g/mol. The molecule has 3 rings (SSSR count). The van der Waals surface area contributed by atoms with Crippen molar-refractivity contribution in [2.24, 2.45) is 5.73 Å². The maximum absolute atomic E-state index is 13.4. The van der Waals surface area contributed by atoms with E-state index in [0.29, 0.717) is 5.56 Å². The van der Waals surface area contributed by atoms with E-state index in [9.17, 15) is 22.8 Å². The van der Waals surface area contributed by atoms with Crippen LogP contribution in [0.2, 0.25) is 0 Å². The van der Waals surface area contributed by atoms with Gasteiger partial charge in [0, 0.05) is 35.4 Å². The van der Waals surface area contributed by atoms with Crippen LogP contribution in [0.5, 0.6) is 5.75 Å². The maximum atomic E-state index is 13.4. The number of rotatable bonds is 6. The van der Waals surface area contributed by atoms with Crippen LogP contribution >= 0.6 is 0 Å². The molecule has 2 heterocycles. The number of carbonyl (C=O) groups excluding carboxylic acids is 2. The summed E-state index contributed by atoms with van der Waals surface area (Å²) in [6.45, 7) is -0.474. The molecule has 0 saturated heterocycles. The number of ether oxygens (including phenoxy) is 1. The third-order valence-electron chi connectivity index (χ3n) is 4.00. The van der Waals surface area contributed by atoms with Gasteiger partial charge in [-0.15, -0.1) is 0 Å². The number of amides is 2. The predicted molar refractivity (Wildman–Crippen MR) is 101 cm³/mol. The van der Waals surface area contributed by atoms with Crippen molar-refractivity contribution in [3.05, 3.63) is 83.4 Å². The van der Waals surface area contributed by atoms with Crippen LogP contribution in [0.4, 0.5) is 18.9 Å². The van der Waals surface area contributed by atoms with Gasteiger partial charge in [-0.25, -0.2) is 0 Å². The number of hydrogen-bond acceptors (Lipinski definition) is 5. The Morgan fingerprint density at radius 3 is 2.40 bits per heavy atom. The number of primary amides is 1. The van der Waals surface area contributed by atoms with Gasteiger partial charge in [0.1, 0.15) is 12.4 Å². The van der Waals surface area contributed by atoms with E-state index in [4.69, 9.17) is 10.5 Å². The number of pyridine rings is 2. The Morgan fingerprint density at radius 1 is 1.00 bits per heavy atom.